The first-order chi connectivity index (χ1) is 13.7. The first kappa shape index (κ1) is 17.2. The molecule has 1 saturated carbocycles. The van der Waals surface area contributed by atoms with Crippen molar-refractivity contribution >= 4 is 5.97 Å². The molecule has 3 aromatic rings. The monoisotopic (exact) mass is 374 g/mol. The van der Waals surface area contributed by atoms with Gasteiger partial charge in [-0.25, -0.2) is 9.48 Å². The van der Waals surface area contributed by atoms with Gasteiger partial charge in [-0.15, -0.1) is 0 Å². The van der Waals surface area contributed by atoms with Crippen LogP contribution in [0.25, 0.3) is 16.8 Å². The fraction of sp³-hybridized carbons (Fsp3) is 0.304. The Morgan fingerprint density at radius 1 is 1.07 bits per heavy atom. The molecule has 2 aliphatic rings. The van der Waals surface area contributed by atoms with Crippen molar-refractivity contribution in [2.24, 2.45) is 0 Å². The lowest BCUT2D eigenvalue weighted by atomic mass is 9.99. The highest BCUT2D eigenvalue weighted by atomic mass is 16.5. The molecule has 1 aliphatic carbocycles. The normalized spacial score (nSPS) is 19.1. The van der Waals surface area contributed by atoms with Gasteiger partial charge in [0.2, 0.25) is 0 Å². The maximum absolute atomic E-state index is 11.6. The van der Waals surface area contributed by atoms with Gasteiger partial charge in [0.05, 0.1) is 23.7 Å². The molecule has 1 aliphatic heterocycles. The molecule has 1 unspecified atom stereocenters. The van der Waals surface area contributed by atoms with Gasteiger partial charge in [-0.2, -0.15) is 5.10 Å². The van der Waals surface area contributed by atoms with Crippen molar-refractivity contribution in [3.05, 3.63) is 71.5 Å². The Balaban J connectivity index is 1.53. The maximum atomic E-state index is 11.6. The second-order valence-electron chi connectivity index (χ2n) is 7.61. The summed E-state index contributed by atoms with van der Waals surface area (Å²) in [7, 11) is 0. The summed E-state index contributed by atoms with van der Waals surface area (Å²) < 4.78 is 7.63. The molecule has 5 rings (SSSR count). The minimum absolute atomic E-state index is 0.189. The molecule has 0 amide bonds. The van der Waals surface area contributed by atoms with Crippen molar-refractivity contribution in [3.8, 4) is 16.8 Å². The summed E-state index contributed by atoms with van der Waals surface area (Å²) in [6, 6.07) is 16.6. The zero-order chi connectivity index (χ0) is 19.1. The van der Waals surface area contributed by atoms with E-state index in [4.69, 9.17) is 4.74 Å². The molecular formula is C23H22N2O3. The summed E-state index contributed by atoms with van der Waals surface area (Å²) in [6.45, 7) is 0.833. The third kappa shape index (κ3) is 3.12. The summed E-state index contributed by atoms with van der Waals surface area (Å²) >= 11 is 0. The molecule has 1 atom stereocenters. The number of nitrogens with zero attached hydrogens (tertiary/aromatic N) is 2. The molecule has 1 saturated heterocycles. The number of ether oxygens (including phenoxy) is 1. The van der Waals surface area contributed by atoms with Crippen molar-refractivity contribution in [2.45, 2.75) is 37.7 Å². The Morgan fingerprint density at radius 3 is 2.57 bits per heavy atom. The van der Waals surface area contributed by atoms with E-state index < -0.39 is 5.97 Å². The van der Waals surface area contributed by atoms with Crippen LogP contribution in [0.15, 0.2) is 54.7 Å². The molecule has 2 aromatic carbocycles. The van der Waals surface area contributed by atoms with Crippen LogP contribution in [0.1, 0.15) is 59.3 Å². The number of aromatic carboxylic acids is 1. The van der Waals surface area contributed by atoms with Gasteiger partial charge in [-0.05, 0) is 60.6 Å². The fourth-order valence-electron chi connectivity index (χ4n) is 4.05. The van der Waals surface area contributed by atoms with E-state index in [-0.39, 0.29) is 6.10 Å². The van der Waals surface area contributed by atoms with Gasteiger partial charge in [0.1, 0.15) is 5.56 Å². The Morgan fingerprint density at radius 2 is 1.86 bits per heavy atom. The van der Waals surface area contributed by atoms with Gasteiger partial charge in [0, 0.05) is 12.5 Å². The third-order valence-corrected chi connectivity index (χ3v) is 5.61. The number of benzene rings is 2. The predicted molar refractivity (Wildman–Crippen MR) is 106 cm³/mol. The first-order valence-electron chi connectivity index (χ1n) is 9.84. The molecule has 142 valence electrons. The van der Waals surface area contributed by atoms with Gasteiger partial charge in [0.25, 0.3) is 0 Å². The minimum atomic E-state index is -0.909. The molecule has 0 radical (unpaired) electrons. The number of aromatic nitrogens is 2. The third-order valence-electron chi connectivity index (χ3n) is 5.61. The Hall–Kier alpha value is -2.92. The average molecular weight is 374 g/mol. The topological polar surface area (TPSA) is 64.3 Å². The van der Waals surface area contributed by atoms with Crippen LogP contribution in [0.5, 0.6) is 0 Å². The van der Waals surface area contributed by atoms with E-state index in [9.17, 15) is 9.90 Å². The molecule has 5 nitrogen and oxygen atoms in total. The molecule has 0 bridgehead atoms. The summed E-state index contributed by atoms with van der Waals surface area (Å²) in [5, 5.41) is 13.9. The minimum Gasteiger partial charge on any atom is -0.478 e. The quantitative estimate of drug-likeness (QED) is 0.685. The lowest BCUT2D eigenvalue weighted by Crippen LogP contribution is -2.05. The summed E-state index contributed by atoms with van der Waals surface area (Å²) in [4.78, 5) is 11.6. The van der Waals surface area contributed by atoms with Crippen LogP contribution >= 0.6 is 0 Å². The van der Waals surface area contributed by atoms with Crippen molar-refractivity contribution in [2.75, 3.05) is 6.61 Å². The van der Waals surface area contributed by atoms with Crippen molar-refractivity contribution in [3.63, 3.8) is 0 Å². The Kier molecular flexibility index (Phi) is 4.24. The second kappa shape index (κ2) is 6.91. The highest BCUT2D eigenvalue weighted by Gasteiger charge is 2.32. The van der Waals surface area contributed by atoms with E-state index in [1.807, 2.05) is 12.1 Å². The molecule has 2 fully saturated rings. The van der Waals surface area contributed by atoms with Gasteiger partial charge in [-0.1, -0.05) is 30.3 Å². The van der Waals surface area contributed by atoms with Crippen molar-refractivity contribution < 1.29 is 14.6 Å². The van der Waals surface area contributed by atoms with Crippen LogP contribution in [0.2, 0.25) is 0 Å². The zero-order valence-electron chi connectivity index (χ0n) is 15.5. The van der Waals surface area contributed by atoms with Gasteiger partial charge >= 0.3 is 5.97 Å². The van der Waals surface area contributed by atoms with E-state index >= 15 is 0 Å². The summed E-state index contributed by atoms with van der Waals surface area (Å²) in [5.74, 6) is -0.617. The van der Waals surface area contributed by atoms with Crippen LogP contribution in [-0.2, 0) is 4.74 Å². The highest BCUT2D eigenvalue weighted by Crippen LogP contribution is 2.42. The van der Waals surface area contributed by atoms with Crippen LogP contribution < -0.4 is 0 Å². The number of carbonyl (C=O) groups is 1. The predicted octanol–water partition coefficient (Wildman–Crippen LogP) is 4.97. The number of carboxylic acids is 1. The van der Waals surface area contributed by atoms with E-state index in [2.05, 4.69) is 41.5 Å². The zero-order valence-corrected chi connectivity index (χ0v) is 15.5. The number of hydrogen-bond donors (Lipinski definition) is 1. The lowest BCUT2D eigenvalue weighted by molar-refractivity contribution is 0.0695. The molecule has 2 heterocycles. The van der Waals surface area contributed by atoms with Crippen LogP contribution in [-0.4, -0.2) is 27.5 Å². The second-order valence-corrected chi connectivity index (χ2v) is 7.61. The molecular weight excluding hydrogens is 352 g/mol. The number of carboxylic acid groups (broad SMARTS) is 1. The van der Waals surface area contributed by atoms with Gasteiger partial charge in [-0.3, -0.25) is 0 Å². The van der Waals surface area contributed by atoms with E-state index in [1.165, 1.54) is 11.8 Å². The van der Waals surface area contributed by atoms with Gasteiger partial charge < -0.3 is 9.84 Å². The molecule has 28 heavy (non-hydrogen) atoms. The Labute approximate surface area is 163 Å². The fourth-order valence-corrected chi connectivity index (χ4v) is 4.05. The number of hydrogen-bond acceptors (Lipinski definition) is 3. The summed E-state index contributed by atoms with van der Waals surface area (Å²) in [6.07, 6.45) is 5.89. The molecule has 0 spiro atoms. The summed E-state index contributed by atoms with van der Waals surface area (Å²) in [5.41, 5.74) is 5.46. The largest absolute Gasteiger partial charge is 0.478 e. The Bertz CT molecular complexity index is 1030. The SMILES string of the molecule is O=C(O)c1cnn(-c2cccc(-c3cccc(C4CCCO4)c3)c2)c1C1CC1. The smallest absolute Gasteiger partial charge is 0.339 e. The molecule has 5 heteroatoms. The lowest BCUT2D eigenvalue weighted by Gasteiger charge is -2.13. The van der Waals surface area contributed by atoms with E-state index in [0.29, 0.717) is 11.5 Å². The molecule has 1 aromatic heterocycles. The molecule has 1 N–H and O–H groups in total. The van der Waals surface area contributed by atoms with Crippen molar-refractivity contribution in [1.29, 1.82) is 0 Å². The van der Waals surface area contributed by atoms with Crippen LogP contribution in [0.4, 0.5) is 0 Å². The maximum Gasteiger partial charge on any atom is 0.339 e. The van der Waals surface area contributed by atoms with Crippen LogP contribution in [0, 0.1) is 0 Å². The van der Waals surface area contributed by atoms with Gasteiger partial charge in [0.15, 0.2) is 0 Å². The first-order valence-corrected chi connectivity index (χ1v) is 9.84. The average Bonchev–Trinajstić information content (AvgIpc) is 3.23. The van der Waals surface area contributed by atoms with Crippen molar-refractivity contribution in [1.82, 2.24) is 9.78 Å². The number of rotatable bonds is 5. The van der Waals surface area contributed by atoms with Crippen LogP contribution in [0.3, 0.4) is 0 Å². The van der Waals surface area contributed by atoms with E-state index in [1.54, 1.807) is 4.68 Å². The highest BCUT2D eigenvalue weighted by molar-refractivity contribution is 5.89. The standard InChI is InChI=1S/C23H22N2O3/c26-23(27)20-14-24-25(22(20)15-9-10-15)19-7-2-5-17(13-19)16-4-1-6-18(12-16)21-8-3-11-28-21/h1-2,4-7,12-15,21H,3,8-11H2,(H,26,27). The van der Waals surface area contributed by atoms with E-state index in [0.717, 1.165) is 54.8 Å².